The van der Waals surface area contributed by atoms with E-state index in [2.05, 4.69) is 0 Å². The minimum absolute atomic E-state index is 0.402. The van der Waals surface area contributed by atoms with E-state index < -0.39 is 4.84 Å². The van der Waals surface area contributed by atoms with Gasteiger partial charge in [0.2, 0.25) is 0 Å². The van der Waals surface area contributed by atoms with Crippen LogP contribution in [0.15, 0.2) is 11.1 Å². The summed E-state index contributed by atoms with van der Waals surface area (Å²) in [5, 5.41) is 0.611. The summed E-state index contributed by atoms with van der Waals surface area (Å²) < 4.78 is 0. The molecule has 0 heterocycles. The Morgan fingerprint density at radius 2 is 2.00 bits per heavy atom. The van der Waals surface area contributed by atoms with Crippen molar-refractivity contribution in [3.8, 4) is 0 Å². The van der Waals surface area contributed by atoms with Gasteiger partial charge in [0.15, 0.2) is 0 Å². The van der Waals surface area contributed by atoms with Crippen LogP contribution in [-0.4, -0.2) is 10.7 Å². The third-order valence-electron chi connectivity index (χ3n) is 0.648. The Morgan fingerprint density at radius 1 is 1.44 bits per heavy atom. The Balaban J connectivity index is 3.49. The van der Waals surface area contributed by atoms with Crippen LogP contribution in [0.25, 0.3) is 0 Å². The predicted octanol–water partition coefficient (Wildman–Crippen LogP) is 3.54. The molecule has 0 fully saturated rings. The lowest BCUT2D eigenvalue weighted by molar-refractivity contribution is 1.13. The lowest BCUT2D eigenvalue weighted by Crippen LogP contribution is -1.85. The summed E-state index contributed by atoms with van der Waals surface area (Å²) in [4.78, 5) is -0.433. The molecule has 0 aliphatic carbocycles. The number of hydrogen-bond acceptors (Lipinski definition) is 0. The molecule has 54 valence electrons. The first kappa shape index (κ1) is 9.90. The fourth-order valence-electron chi connectivity index (χ4n) is 0.314. The number of rotatable bonds is 3. The van der Waals surface area contributed by atoms with Crippen molar-refractivity contribution >= 4 is 46.4 Å². The molecule has 0 aromatic carbocycles. The molecule has 0 amide bonds. The van der Waals surface area contributed by atoms with Gasteiger partial charge in [0.1, 0.15) is 4.84 Å². The van der Waals surface area contributed by atoms with E-state index in [9.17, 15) is 0 Å². The quantitative estimate of drug-likeness (QED) is 0.622. The van der Waals surface area contributed by atoms with E-state index in [1.807, 2.05) is 0 Å². The standard InChI is InChI=1S/C5H6Cl4/c6-2-1-4(7)3-5(8)9/h1,5H,2-3H2/b4-1-. The van der Waals surface area contributed by atoms with Gasteiger partial charge in [-0.1, -0.05) is 17.7 Å². The molecule has 0 aromatic rings. The van der Waals surface area contributed by atoms with E-state index in [1.165, 1.54) is 0 Å². The van der Waals surface area contributed by atoms with Crippen LogP contribution in [0.1, 0.15) is 6.42 Å². The molecule has 0 bridgehead atoms. The Bertz CT molecular complexity index is 97.1. The first-order valence-corrected chi connectivity index (χ1v) is 4.14. The van der Waals surface area contributed by atoms with Crippen LogP contribution in [-0.2, 0) is 0 Å². The van der Waals surface area contributed by atoms with Gasteiger partial charge in [-0.3, -0.25) is 0 Å². The third-order valence-corrected chi connectivity index (χ3v) is 1.42. The van der Waals surface area contributed by atoms with E-state index in [1.54, 1.807) is 6.08 Å². The first-order chi connectivity index (χ1) is 4.16. The van der Waals surface area contributed by atoms with Gasteiger partial charge < -0.3 is 0 Å². The summed E-state index contributed by atoms with van der Waals surface area (Å²) >= 11 is 21.7. The van der Waals surface area contributed by atoms with Crippen molar-refractivity contribution < 1.29 is 0 Å². The average Bonchev–Trinajstić information content (AvgIpc) is 1.63. The third kappa shape index (κ3) is 6.79. The zero-order chi connectivity index (χ0) is 7.28. The number of hydrogen-bond donors (Lipinski definition) is 0. The van der Waals surface area contributed by atoms with Crippen LogP contribution in [0.2, 0.25) is 0 Å². The van der Waals surface area contributed by atoms with Crippen LogP contribution >= 0.6 is 46.4 Å². The highest BCUT2D eigenvalue weighted by Gasteiger charge is 1.99. The van der Waals surface area contributed by atoms with Crippen molar-refractivity contribution in [3.63, 3.8) is 0 Å². The maximum atomic E-state index is 5.58. The van der Waals surface area contributed by atoms with Gasteiger partial charge in [0.05, 0.1) is 0 Å². The minimum atomic E-state index is -0.433. The van der Waals surface area contributed by atoms with Gasteiger partial charge >= 0.3 is 0 Å². The van der Waals surface area contributed by atoms with Crippen LogP contribution in [0.4, 0.5) is 0 Å². The molecule has 4 heteroatoms. The molecule has 0 spiro atoms. The van der Waals surface area contributed by atoms with Crippen molar-refractivity contribution in [2.75, 3.05) is 5.88 Å². The maximum absolute atomic E-state index is 5.58. The number of alkyl halides is 3. The zero-order valence-electron chi connectivity index (χ0n) is 4.58. The molecule has 0 aliphatic heterocycles. The molecule has 0 saturated carbocycles. The second kappa shape index (κ2) is 5.67. The molecule has 9 heavy (non-hydrogen) atoms. The Labute approximate surface area is 74.7 Å². The molecule has 0 N–H and O–H groups in total. The topological polar surface area (TPSA) is 0 Å². The number of allylic oxidation sites excluding steroid dienone is 2. The second-order valence-electron chi connectivity index (χ2n) is 1.40. The molecule has 0 rings (SSSR count). The van der Waals surface area contributed by atoms with Crippen molar-refractivity contribution in [2.45, 2.75) is 11.3 Å². The lowest BCUT2D eigenvalue weighted by Gasteiger charge is -1.96. The number of halogens is 4. The summed E-state index contributed by atoms with van der Waals surface area (Å²) in [5.41, 5.74) is 0. The smallest absolute Gasteiger partial charge is 0.112 e. The first-order valence-electron chi connectivity index (χ1n) is 2.35. The minimum Gasteiger partial charge on any atom is -0.122 e. The zero-order valence-corrected chi connectivity index (χ0v) is 7.60. The van der Waals surface area contributed by atoms with Gasteiger partial charge in [-0.15, -0.1) is 34.8 Å². The molecular weight excluding hydrogens is 202 g/mol. The molecule has 0 aromatic heterocycles. The predicted molar refractivity (Wildman–Crippen MR) is 44.8 cm³/mol. The normalized spacial score (nSPS) is 12.8. The summed E-state index contributed by atoms with van der Waals surface area (Å²) in [6.45, 7) is 0. The van der Waals surface area contributed by atoms with Gasteiger partial charge in [-0.2, -0.15) is 0 Å². The van der Waals surface area contributed by atoms with Gasteiger partial charge in [-0.05, 0) is 0 Å². The van der Waals surface area contributed by atoms with E-state index in [-0.39, 0.29) is 0 Å². The highest BCUT2D eigenvalue weighted by molar-refractivity contribution is 6.45. The second-order valence-corrected chi connectivity index (χ2v) is 3.47. The summed E-state index contributed by atoms with van der Waals surface area (Å²) in [5.74, 6) is 0.402. The molecule has 0 nitrogen and oxygen atoms in total. The fraction of sp³-hybridized carbons (Fsp3) is 0.600. The molecule has 0 saturated heterocycles. The Hall–Kier alpha value is 0.900. The summed E-state index contributed by atoms with van der Waals surface area (Å²) in [6, 6.07) is 0. The fourth-order valence-corrected chi connectivity index (χ4v) is 1.30. The van der Waals surface area contributed by atoms with Crippen molar-refractivity contribution in [1.82, 2.24) is 0 Å². The largest absolute Gasteiger partial charge is 0.122 e. The lowest BCUT2D eigenvalue weighted by atomic mass is 10.4. The van der Waals surface area contributed by atoms with E-state index >= 15 is 0 Å². The van der Waals surface area contributed by atoms with Crippen LogP contribution in [0, 0.1) is 0 Å². The Kier molecular flexibility index (Phi) is 6.23. The van der Waals surface area contributed by atoms with Gasteiger partial charge in [-0.25, -0.2) is 0 Å². The average molecular weight is 208 g/mol. The van der Waals surface area contributed by atoms with Crippen LogP contribution in [0.5, 0.6) is 0 Å². The molecule has 0 radical (unpaired) electrons. The summed E-state index contributed by atoms with van der Waals surface area (Å²) in [6.07, 6.45) is 2.14. The van der Waals surface area contributed by atoms with Gasteiger partial charge in [0.25, 0.3) is 0 Å². The molecule has 0 aliphatic rings. The highest BCUT2D eigenvalue weighted by Crippen LogP contribution is 2.17. The van der Waals surface area contributed by atoms with E-state index in [0.717, 1.165) is 0 Å². The van der Waals surface area contributed by atoms with Crippen molar-refractivity contribution in [2.24, 2.45) is 0 Å². The van der Waals surface area contributed by atoms with E-state index in [4.69, 9.17) is 46.4 Å². The molecule has 0 unspecified atom stereocenters. The van der Waals surface area contributed by atoms with E-state index in [0.29, 0.717) is 17.3 Å². The molecule has 0 atom stereocenters. The highest BCUT2D eigenvalue weighted by atomic mass is 35.5. The van der Waals surface area contributed by atoms with Crippen molar-refractivity contribution in [1.29, 1.82) is 0 Å². The van der Waals surface area contributed by atoms with Crippen molar-refractivity contribution in [3.05, 3.63) is 11.1 Å². The van der Waals surface area contributed by atoms with Crippen LogP contribution in [0.3, 0.4) is 0 Å². The SMILES string of the molecule is ClC/C=C(\Cl)CC(Cl)Cl. The maximum Gasteiger partial charge on any atom is 0.112 e. The Morgan fingerprint density at radius 3 is 2.33 bits per heavy atom. The molecular formula is C5H6Cl4. The van der Waals surface area contributed by atoms with Crippen LogP contribution < -0.4 is 0 Å². The monoisotopic (exact) mass is 206 g/mol. The van der Waals surface area contributed by atoms with Gasteiger partial charge in [0, 0.05) is 17.3 Å². The summed E-state index contributed by atoms with van der Waals surface area (Å²) in [7, 11) is 0.